The minimum atomic E-state index is -0.115. The fourth-order valence-corrected chi connectivity index (χ4v) is 2.25. The average molecular weight is 294 g/mol. The van der Waals surface area contributed by atoms with Gasteiger partial charge in [0.2, 0.25) is 11.8 Å². The molecule has 1 unspecified atom stereocenters. The van der Waals surface area contributed by atoms with Crippen LogP contribution >= 0.6 is 11.6 Å². The Morgan fingerprint density at radius 1 is 1.35 bits per heavy atom. The fourth-order valence-electron chi connectivity index (χ4n) is 2.12. The average Bonchev–Trinajstić information content (AvgIpc) is 3.06. The minimum absolute atomic E-state index is 0.0274. The summed E-state index contributed by atoms with van der Waals surface area (Å²) in [7, 11) is 0. The van der Waals surface area contributed by atoms with Crippen LogP contribution in [0.4, 0.5) is 6.01 Å². The molecule has 1 N–H and O–H groups in total. The van der Waals surface area contributed by atoms with Crippen LogP contribution in [0.25, 0.3) is 11.5 Å². The fraction of sp³-hybridized carbons (Fsp3) is 0.308. The van der Waals surface area contributed by atoms with E-state index in [4.69, 9.17) is 21.1 Å². The SMILES string of the molecule is O=C1CC(CO)CN1c1nnc(-c2ccc(Cl)cc2)o1. The summed E-state index contributed by atoms with van der Waals surface area (Å²) in [6.45, 7) is 0.373. The van der Waals surface area contributed by atoms with Crippen LogP contribution < -0.4 is 4.90 Å². The van der Waals surface area contributed by atoms with E-state index in [1.807, 2.05) is 0 Å². The van der Waals surface area contributed by atoms with Gasteiger partial charge in [0.25, 0.3) is 0 Å². The number of halogens is 1. The standard InChI is InChI=1S/C13H12ClN3O3/c14-10-3-1-9(2-4-10)12-15-16-13(20-12)17-6-8(7-18)5-11(17)19/h1-4,8,18H,5-7H2. The van der Waals surface area contributed by atoms with E-state index in [0.717, 1.165) is 5.56 Å². The molecule has 7 heteroatoms. The maximum Gasteiger partial charge on any atom is 0.325 e. The highest BCUT2D eigenvalue weighted by molar-refractivity contribution is 6.30. The summed E-state index contributed by atoms with van der Waals surface area (Å²) in [5, 5.41) is 17.5. The summed E-state index contributed by atoms with van der Waals surface area (Å²) in [5.74, 6) is 0.139. The number of amides is 1. The molecule has 0 bridgehead atoms. The number of carbonyl (C=O) groups excluding carboxylic acids is 1. The molecular formula is C13H12ClN3O3. The van der Waals surface area contributed by atoms with E-state index in [1.54, 1.807) is 24.3 Å². The largest absolute Gasteiger partial charge is 0.403 e. The molecule has 0 aliphatic carbocycles. The van der Waals surface area contributed by atoms with E-state index >= 15 is 0 Å². The molecule has 1 saturated heterocycles. The second-order valence-electron chi connectivity index (χ2n) is 4.65. The lowest BCUT2D eigenvalue weighted by molar-refractivity contribution is -0.117. The monoisotopic (exact) mass is 293 g/mol. The predicted octanol–water partition coefficient (Wildman–Crippen LogP) is 1.74. The number of benzene rings is 1. The lowest BCUT2D eigenvalue weighted by Crippen LogP contribution is -2.25. The lowest BCUT2D eigenvalue weighted by atomic mass is 10.1. The van der Waals surface area contributed by atoms with Crippen molar-refractivity contribution in [2.45, 2.75) is 6.42 Å². The molecule has 0 saturated carbocycles. The molecule has 1 aromatic carbocycles. The van der Waals surface area contributed by atoms with E-state index in [1.165, 1.54) is 4.90 Å². The van der Waals surface area contributed by atoms with Gasteiger partial charge in [0.1, 0.15) is 0 Å². The number of hydrogen-bond acceptors (Lipinski definition) is 5. The van der Waals surface area contributed by atoms with E-state index in [9.17, 15) is 4.79 Å². The van der Waals surface area contributed by atoms with Crippen LogP contribution in [0.2, 0.25) is 5.02 Å². The third-order valence-corrected chi connectivity index (χ3v) is 3.45. The van der Waals surface area contributed by atoms with E-state index in [-0.39, 0.29) is 24.4 Å². The molecule has 3 rings (SSSR count). The van der Waals surface area contributed by atoms with Crippen molar-refractivity contribution in [2.24, 2.45) is 5.92 Å². The first-order chi connectivity index (χ1) is 9.67. The van der Waals surface area contributed by atoms with Gasteiger partial charge < -0.3 is 9.52 Å². The van der Waals surface area contributed by atoms with Crippen LogP contribution in [0.5, 0.6) is 0 Å². The molecule has 1 atom stereocenters. The molecule has 104 valence electrons. The Kier molecular flexibility index (Phi) is 3.42. The van der Waals surface area contributed by atoms with Gasteiger partial charge in [-0.25, -0.2) is 0 Å². The Hall–Kier alpha value is -1.92. The zero-order chi connectivity index (χ0) is 14.1. The van der Waals surface area contributed by atoms with Crippen LogP contribution in [0.3, 0.4) is 0 Å². The van der Waals surface area contributed by atoms with Gasteiger partial charge in [0.05, 0.1) is 0 Å². The van der Waals surface area contributed by atoms with Gasteiger partial charge in [0, 0.05) is 36.1 Å². The summed E-state index contributed by atoms with van der Waals surface area (Å²) in [6.07, 6.45) is 0.301. The molecule has 1 amide bonds. The van der Waals surface area contributed by atoms with Gasteiger partial charge in [0.15, 0.2) is 0 Å². The summed E-state index contributed by atoms with van der Waals surface area (Å²) in [4.78, 5) is 13.2. The number of nitrogens with zero attached hydrogens (tertiary/aromatic N) is 3. The quantitative estimate of drug-likeness (QED) is 0.932. The number of aliphatic hydroxyl groups excluding tert-OH is 1. The zero-order valence-corrected chi connectivity index (χ0v) is 11.2. The second kappa shape index (κ2) is 5.22. The first-order valence-corrected chi connectivity index (χ1v) is 6.56. The van der Waals surface area contributed by atoms with E-state index < -0.39 is 0 Å². The summed E-state index contributed by atoms with van der Waals surface area (Å²) in [6, 6.07) is 7.15. The van der Waals surface area contributed by atoms with Crippen molar-refractivity contribution in [1.29, 1.82) is 0 Å². The molecule has 0 radical (unpaired) electrons. The molecule has 6 nitrogen and oxygen atoms in total. The lowest BCUT2D eigenvalue weighted by Gasteiger charge is -2.09. The molecule has 1 aliphatic heterocycles. The Labute approximate surface area is 120 Å². The van der Waals surface area contributed by atoms with Crippen molar-refractivity contribution < 1.29 is 14.3 Å². The van der Waals surface area contributed by atoms with Crippen molar-refractivity contribution in [2.75, 3.05) is 18.1 Å². The van der Waals surface area contributed by atoms with E-state index in [0.29, 0.717) is 23.9 Å². The molecule has 20 heavy (non-hydrogen) atoms. The third-order valence-electron chi connectivity index (χ3n) is 3.20. The van der Waals surface area contributed by atoms with Crippen LogP contribution in [0.1, 0.15) is 6.42 Å². The van der Waals surface area contributed by atoms with Crippen molar-refractivity contribution in [3.05, 3.63) is 29.3 Å². The third kappa shape index (κ3) is 2.39. The predicted molar refractivity (Wildman–Crippen MR) is 72.3 cm³/mol. The topological polar surface area (TPSA) is 79.5 Å². The van der Waals surface area contributed by atoms with Crippen molar-refractivity contribution >= 4 is 23.5 Å². The first-order valence-electron chi connectivity index (χ1n) is 6.18. The molecule has 0 spiro atoms. The minimum Gasteiger partial charge on any atom is -0.403 e. The molecular weight excluding hydrogens is 282 g/mol. The molecule has 1 aliphatic rings. The van der Waals surface area contributed by atoms with Crippen LogP contribution in [-0.2, 0) is 4.79 Å². The van der Waals surface area contributed by atoms with Crippen LogP contribution in [0, 0.1) is 5.92 Å². The second-order valence-corrected chi connectivity index (χ2v) is 5.09. The number of carbonyl (C=O) groups is 1. The van der Waals surface area contributed by atoms with Gasteiger partial charge in [-0.3, -0.25) is 9.69 Å². The van der Waals surface area contributed by atoms with Gasteiger partial charge in [-0.1, -0.05) is 16.7 Å². The van der Waals surface area contributed by atoms with E-state index in [2.05, 4.69) is 10.2 Å². The molecule has 1 aromatic heterocycles. The number of hydrogen-bond donors (Lipinski definition) is 1. The van der Waals surface area contributed by atoms with Crippen LogP contribution in [0.15, 0.2) is 28.7 Å². The number of anilines is 1. The Morgan fingerprint density at radius 2 is 2.10 bits per heavy atom. The maximum absolute atomic E-state index is 11.8. The normalized spacial score (nSPS) is 18.8. The van der Waals surface area contributed by atoms with Gasteiger partial charge >= 0.3 is 6.01 Å². The summed E-state index contributed by atoms with van der Waals surface area (Å²) >= 11 is 5.82. The van der Waals surface area contributed by atoms with Gasteiger partial charge in [-0.2, -0.15) is 0 Å². The van der Waals surface area contributed by atoms with Crippen molar-refractivity contribution in [3.63, 3.8) is 0 Å². The molecule has 2 heterocycles. The number of aliphatic hydroxyl groups is 1. The van der Waals surface area contributed by atoms with Crippen molar-refractivity contribution in [3.8, 4) is 11.5 Å². The molecule has 2 aromatic rings. The highest BCUT2D eigenvalue weighted by Crippen LogP contribution is 2.27. The Bertz CT molecular complexity index is 626. The zero-order valence-electron chi connectivity index (χ0n) is 10.5. The summed E-state index contributed by atoms with van der Waals surface area (Å²) < 4.78 is 5.51. The smallest absolute Gasteiger partial charge is 0.325 e. The van der Waals surface area contributed by atoms with Gasteiger partial charge in [-0.15, -0.1) is 5.10 Å². The Balaban J connectivity index is 1.83. The first kappa shape index (κ1) is 13.1. The summed E-state index contributed by atoms with van der Waals surface area (Å²) in [5.41, 5.74) is 0.735. The maximum atomic E-state index is 11.8. The number of aromatic nitrogens is 2. The van der Waals surface area contributed by atoms with Gasteiger partial charge in [-0.05, 0) is 24.3 Å². The van der Waals surface area contributed by atoms with Crippen molar-refractivity contribution in [1.82, 2.24) is 10.2 Å². The van der Waals surface area contributed by atoms with Crippen LogP contribution in [-0.4, -0.2) is 34.4 Å². The Morgan fingerprint density at radius 3 is 2.75 bits per heavy atom. The molecule has 1 fully saturated rings. The highest BCUT2D eigenvalue weighted by Gasteiger charge is 2.33. The highest BCUT2D eigenvalue weighted by atomic mass is 35.5. The number of rotatable bonds is 3.